The molecule has 4 rings (SSSR count). The average molecular weight is 398 g/mol. The topological polar surface area (TPSA) is 68.5 Å². The highest BCUT2D eigenvalue weighted by Gasteiger charge is 2.28. The lowest BCUT2D eigenvalue weighted by molar-refractivity contribution is 0.0710. The van der Waals surface area contributed by atoms with Gasteiger partial charge in [0.2, 0.25) is 0 Å². The SMILES string of the molecule is COc1ccccc1-c1nc(C2CCN(C(=O)c3cccc(Cl)c3)CC2)no1. The maximum absolute atomic E-state index is 12.7. The van der Waals surface area contributed by atoms with Crippen LogP contribution in [0.5, 0.6) is 5.75 Å². The van der Waals surface area contributed by atoms with E-state index in [1.54, 1.807) is 31.4 Å². The number of ether oxygens (including phenoxy) is 1. The van der Waals surface area contributed by atoms with Crippen molar-refractivity contribution in [1.82, 2.24) is 15.0 Å². The maximum Gasteiger partial charge on any atom is 0.261 e. The van der Waals surface area contributed by atoms with Crippen LogP contribution in [-0.2, 0) is 0 Å². The number of halogens is 1. The molecule has 0 spiro atoms. The normalized spacial score (nSPS) is 14.9. The molecule has 1 saturated heterocycles. The minimum Gasteiger partial charge on any atom is -0.496 e. The van der Waals surface area contributed by atoms with Crippen molar-refractivity contribution in [2.24, 2.45) is 0 Å². The number of nitrogens with zero attached hydrogens (tertiary/aromatic N) is 3. The molecule has 1 aliphatic heterocycles. The van der Waals surface area contributed by atoms with Crippen LogP contribution in [-0.4, -0.2) is 41.1 Å². The number of piperidine rings is 1. The first-order valence-electron chi connectivity index (χ1n) is 9.17. The van der Waals surface area contributed by atoms with E-state index < -0.39 is 0 Å². The molecule has 144 valence electrons. The number of hydrogen-bond acceptors (Lipinski definition) is 5. The highest BCUT2D eigenvalue weighted by molar-refractivity contribution is 6.30. The summed E-state index contributed by atoms with van der Waals surface area (Å²) in [6, 6.07) is 14.6. The highest BCUT2D eigenvalue weighted by Crippen LogP contribution is 2.32. The molecule has 1 fully saturated rings. The number of para-hydroxylation sites is 1. The fourth-order valence-electron chi connectivity index (χ4n) is 3.48. The summed E-state index contributed by atoms with van der Waals surface area (Å²) in [4.78, 5) is 19.1. The summed E-state index contributed by atoms with van der Waals surface area (Å²) in [7, 11) is 1.61. The number of hydrogen-bond donors (Lipinski definition) is 0. The first kappa shape index (κ1) is 18.5. The quantitative estimate of drug-likeness (QED) is 0.651. The van der Waals surface area contributed by atoms with Gasteiger partial charge in [0.25, 0.3) is 11.8 Å². The minimum atomic E-state index is 0.00349. The standard InChI is InChI=1S/C21H20ClN3O3/c1-27-18-8-3-2-7-17(18)20-23-19(24-28-20)14-9-11-25(12-10-14)21(26)15-5-4-6-16(22)13-15/h2-8,13-14H,9-12H2,1H3. The number of likely N-dealkylation sites (tertiary alicyclic amines) is 1. The molecule has 2 heterocycles. The summed E-state index contributed by atoms with van der Waals surface area (Å²) >= 11 is 6.00. The van der Waals surface area contributed by atoms with Gasteiger partial charge in [0.15, 0.2) is 5.82 Å². The van der Waals surface area contributed by atoms with Crippen LogP contribution in [0, 0.1) is 0 Å². The van der Waals surface area contributed by atoms with E-state index in [-0.39, 0.29) is 11.8 Å². The Balaban J connectivity index is 1.43. The molecular formula is C21H20ClN3O3. The summed E-state index contributed by atoms with van der Waals surface area (Å²) in [5.41, 5.74) is 1.39. The van der Waals surface area contributed by atoms with Crippen LogP contribution in [0.3, 0.4) is 0 Å². The summed E-state index contributed by atoms with van der Waals surface area (Å²) in [5, 5.41) is 4.73. The van der Waals surface area contributed by atoms with Crippen LogP contribution < -0.4 is 4.74 Å². The van der Waals surface area contributed by atoms with Gasteiger partial charge in [-0.05, 0) is 43.2 Å². The van der Waals surface area contributed by atoms with E-state index in [0.717, 1.165) is 18.4 Å². The third kappa shape index (κ3) is 3.73. The molecule has 0 atom stereocenters. The lowest BCUT2D eigenvalue weighted by Crippen LogP contribution is -2.38. The van der Waals surface area contributed by atoms with Crippen LogP contribution in [0.2, 0.25) is 5.02 Å². The molecule has 0 unspecified atom stereocenters. The number of benzene rings is 2. The molecule has 28 heavy (non-hydrogen) atoms. The predicted molar refractivity (Wildman–Crippen MR) is 106 cm³/mol. The Kier molecular flexibility index (Phi) is 5.30. The molecule has 0 aliphatic carbocycles. The second-order valence-electron chi connectivity index (χ2n) is 6.73. The van der Waals surface area contributed by atoms with Crippen LogP contribution in [0.25, 0.3) is 11.5 Å². The van der Waals surface area contributed by atoms with E-state index in [1.165, 1.54) is 0 Å². The Hall–Kier alpha value is -2.86. The van der Waals surface area contributed by atoms with Crippen LogP contribution in [0.1, 0.15) is 34.9 Å². The molecule has 3 aromatic rings. The zero-order chi connectivity index (χ0) is 19.5. The van der Waals surface area contributed by atoms with Gasteiger partial charge in [-0.15, -0.1) is 0 Å². The Morgan fingerprint density at radius 2 is 1.96 bits per heavy atom. The summed E-state index contributed by atoms with van der Waals surface area (Å²) < 4.78 is 10.8. The van der Waals surface area contributed by atoms with Gasteiger partial charge in [-0.25, -0.2) is 0 Å². The van der Waals surface area contributed by atoms with Crippen LogP contribution >= 0.6 is 11.6 Å². The highest BCUT2D eigenvalue weighted by atomic mass is 35.5. The molecule has 1 aromatic heterocycles. The van der Waals surface area contributed by atoms with E-state index in [9.17, 15) is 4.79 Å². The molecule has 1 aliphatic rings. The molecule has 0 N–H and O–H groups in total. The van der Waals surface area contributed by atoms with Crippen molar-refractivity contribution in [3.8, 4) is 17.2 Å². The third-order valence-electron chi connectivity index (χ3n) is 5.00. The largest absolute Gasteiger partial charge is 0.496 e. The molecule has 6 nitrogen and oxygen atoms in total. The second kappa shape index (κ2) is 8.02. The van der Waals surface area contributed by atoms with Crippen molar-refractivity contribution in [2.45, 2.75) is 18.8 Å². The Morgan fingerprint density at radius 3 is 2.71 bits per heavy atom. The van der Waals surface area contributed by atoms with Crippen molar-refractivity contribution in [3.05, 3.63) is 64.9 Å². The van der Waals surface area contributed by atoms with E-state index in [4.69, 9.17) is 20.9 Å². The van der Waals surface area contributed by atoms with E-state index in [0.29, 0.717) is 41.1 Å². The monoisotopic (exact) mass is 397 g/mol. The van der Waals surface area contributed by atoms with Gasteiger partial charge < -0.3 is 14.2 Å². The molecule has 0 saturated carbocycles. The maximum atomic E-state index is 12.7. The molecule has 7 heteroatoms. The number of amides is 1. The predicted octanol–water partition coefficient (Wildman–Crippen LogP) is 4.42. The second-order valence-corrected chi connectivity index (χ2v) is 7.17. The first-order valence-corrected chi connectivity index (χ1v) is 9.55. The third-order valence-corrected chi connectivity index (χ3v) is 5.23. The van der Waals surface area contributed by atoms with Gasteiger partial charge in [-0.3, -0.25) is 4.79 Å². The lowest BCUT2D eigenvalue weighted by atomic mass is 9.95. The Labute approximate surface area is 168 Å². The fraction of sp³-hybridized carbons (Fsp3) is 0.286. The summed E-state index contributed by atoms with van der Waals surface area (Å²) in [5.74, 6) is 1.99. The van der Waals surface area contributed by atoms with Gasteiger partial charge >= 0.3 is 0 Å². The molecule has 1 amide bonds. The van der Waals surface area contributed by atoms with Crippen molar-refractivity contribution < 1.29 is 14.1 Å². The van der Waals surface area contributed by atoms with Gasteiger partial charge in [0.1, 0.15) is 5.75 Å². The summed E-state index contributed by atoms with van der Waals surface area (Å²) in [6.45, 7) is 1.29. The van der Waals surface area contributed by atoms with Crippen LogP contribution in [0.4, 0.5) is 0 Å². The number of carbonyl (C=O) groups is 1. The molecule has 0 bridgehead atoms. The zero-order valence-corrected chi connectivity index (χ0v) is 16.2. The number of methoxy groups -OCH3 is 1. The smallest absolute Gasteiger partial charge is 0.261 e. The van der Waals surface area contributed by atoms with Gasteiger partial charge in [-0.1, -0.05) is 35.0 Å². The minimum absolute atomic E-state index is 0.00349. The average Bonchev–Trinajstić information content (AvgIpc) is 3.23. The van der Waals surface area contributed by atoms with Crippen LogP contribution in [0.15, 0.2) is 53.1 Å². The van der Waals surface area contributed by atoms with Crippen molar-refractivity contribution in [3.63, 3.8) is 0 Å². The summed E-state index contributed by atoms with van der Waals surface area (Å²) in [6.07, 6.45) is 1.58. The Morgan fingerprint density at radius 1 is 1.18 bits per heavy atom. The van der Waals surface area contributed by atoms with Gasteiger partial charge in [0.05, 0.1) is 12.7 Å². The zero-order valence-electron chi connectivity index (χ0n) is 15.5. The van der Waals surface area contributed by atoms with E-state index in [2.05, 4.69) is 10.1 Å². The van der Waals surface area contributed by atoms with Crippen molar-refractivity contribution >= 4 is 17.5 Å². The molecule has 0 radical (unpaired) electrons. The van der Waals surface area contributed by atoms with Crippen molar-refractivity contribution in [1.29, 1.82) is 0 Å². The molecular weight excluding hydrogens is 378 g/mol. The fourth-order valence-corrected chi connectivity index (χ4v) is 3.67. The van der Waals surface area contributed by atoms with E-state index in [1.807, 2.05) is 29.2 Å². The number of rotatable bonds is 4. The van der Waals surface area contributed by atoms with E-state index >= 15 is 0 Å². The molecule has 2 aromatic carbocycles. The first-order chi connectivity index (χ1) is 13.7. The van der Waals surface area contributed by atoms with Gasteiger partial charge in [0, 0.05) is 29.6 Å². The van der Waals surface area contributed by atoms with Crippen molar-refractivity contribution in [2.75, 3.05) is 20.2 Å². The number of aromatic nitrogens is 2. The van der Waals surface area contributed by atoms with Gasteiger partial charge in [-0.2, -0.15) is 4.98 Å². The Bertz CT molecular complexity index is 980. The number of carbonyl (C=O) groups excluding carboxylic acids is 1. The lowest BCUT2D eigenvalue weighted by Gasteiger charge is -2.30.